The second-order valence-electron chi connectivity index (χ2n) is 9.30. The Hall–Kier alpha value is -5.01. The molecular formula is C32H23ClN4O3. The van der Waals surface area contributed by atoms with Crippen LogP contribution in [-0.4, -0.2) is 34.1 Å². The van der Waals surface area contributed by atoms with Crippen LogP contribution in [0.15, 0.2) is 91.5 Å². The molecule has 7 nitrogen and oxygen atoms in total. The summed E-state index contributed by atoms with van der Waals surface area (Å²) < 4.78 is 7.07. The Morgan fingerprint density at radius 3 is 2.33 bits per heavy atom. The van der Waals surface area contributed by atoms with Crippen LogP contribution in [0.4, 0.5) is 5.69 Å². The van der Waals surface area contributed by atoms with Gasteiger partial charge in [0, 0.05) is 28.7 Å². The van der Waals surface area contributed by atoms with E-state index in [-0.39, 0.29) is 12.3 Å². The first-order valence-corrected chi connectivity index (χ1v) is 13.0. The third-order valence-electron chi connectivity index (χ3n) is 6.89. The van der Waals surface area contributed by atoms with Crippen molar-refractivity contribution in [2.24, 2.45) is 0 Å². The minimum atomic E-state index is -0.208. The zero-order chi connectivity index (χ0) is 27.6. The van der Waals surface area contributed by atoms with Crippen LogP contribution in [-0.2, 0) is 16.0 Å². The number of carbonyl (C=O) groups excluding carboxylic acids is 2. The molecule has 1 aliphatic heterocycles. The number of aldehydes is 1. The maximum atomic E-state index is 12.9. The van der Waals surface area contributed by atoms with Crippen LogP contribution >= 0.6 is 11.6 Å². The van der Waals surface area contributed by atoms with Gasteiger partial charge < -0.3 is 14.8 Å². The van der Waals surface area contributed by atoms with Gasteiger partial charge in [-0.3, -0.25) is 4.79 Å². The monoisotopic (exact) mass is 546 g/mol. The van der Waals surface area contributed by atoms with Crippen LogP contribution in [0.1, 0.15) is 16.7 Å². The third kappa shape index (κ3) is 4.79. The Labute approximate surface area is 235 Å². The quantitative estimate of drug-likeness (QED) is 0.186. The number of anilines is 1. The lowest BCUT2D eigenvalue weighted by molar-refractivity contribution is -0.111. The molecule has 0 radical (unpaired) electrons. The van der Waals surface area contributed by atoms with E-state index in [2.05, 4.69) is 27.5 Å². The molecule has 196 valence electrons. The maximum Gasteiger partial charge on any atom is 0.256 e. The van der Waals surface area contributed by atoms with E-state index in [1.54, 1.807) is 30.3 Å². The summed E-state index contributed by atoms with van der Waals surface area (Å²) in [5.41, 5.74) is 8.35. The minimum absolute atomic E-state index is 0.208. The SMILES string of the molecule is COc1ccc(C=C2C(=O)Nc3cc(Cl)c(-c4ccc(-c5ccc(-n6cncn6)cc5)cc4)cc32)cc1CC=O. The van der Waals surface area contributed by atoms with Crippen molar-refractivity contribution in [3.05, 3.63) is 113 Å². The van der Waals surface area contributed by atoms with Crippen LogP contribution in [0.25, 0.3) is 39.6 Å². The molecule has 0 unspecified atom stereocenters. The number of nitrogens with one attached hydrogen (secondary N) is 1. The highest BCUT2D eigenvalue weighted by Crippen LogP contribution is 2.41. The van der Waals surface area contributed by atoms with Gasteiger partial charge in [-0.15, -0.1) is 0 Å². The molecule has 4 aromatic carbocycles. The molecule has 0 saturated carbocycles. The number of ether oxygens (including phenoxy) is 1. The van der Waals surface area contributed by atoms with Crippen molar-refractivity contribution in [2.45, 2.75) is 6.42 Å². The summed E-state index contributed by atoms with van der Waals surface area (Å²) in [4.78, 5) is 28.0. The van der Waals surface area contributed by atoms with E-state index in [1.807, 2.05) is 60.7 Å². The Morgan fingerprint density at radius 2 is 1.65 bits per heavy atom. The summed E-state index contributed by atoms with van der Waals surface area (Å²) in [7, 11) is 1.57. The molecule has 8 heteroatoms. The van der Waals surface area contributed by atoms with Crippen molar-refractivity contribution in [1.29, 1.82) is 0 Å². The van der Waals surface area contributed by atoms with Crippen molar-refractivity contribution in [3.8, 4) is 33.7 Å². The van der Waals surface area contributed by atoms with E-state index < -0.39 is 0 Å². The van der Waals surface area contributed by atoms with E-state index in [4.69, 9.17) is 16.3 Å². The molecule has 40 heavy (non-hydrogen) atoms. The van der Waals surface area contributed by atoms with Gasteiger partial charge in [0.15, 0.2) is 0 Å². The fraction of sp³-hybridized carbons (Fsp3) is 0.0625. The van der Waals surface area contributed by atoms with Gasteiger partial charge in [-0.25, -0.2) is 9.67 Å². The zero-order valence-electron chi connectivity index (χ0n) is 21.5. The van der Waals surface area contributed by atoms with Crippen LogP contribution in [0, 0.1) is 0 Å². The zero-order valence-corrected chi connectivity index (χ0v) is 22.2. The number of methoxy groups -OCH3 is 1. The van der Waals surface area contributed by atoms with Crippen molar-refractivity contribution in [2.75, 3.05) is 12.4 Å². The first kappa shape index (κ1) is 25.3. The Morgan fingerprint density at radius 1 is 0.925 bits per heavy atom. The highest BCUT2D eigenvalue weighted by Gasteiger charge is 2.26. The number of halogens is 1. The summed E-state index contributed by atoms with van der Waals surface area (Å²) in [6.45, 7) is 0. The van der Waals surface area contributed by atoms with Gasteiger partial charge in [0.25, 0.3) is 5.91 Å². The molecule has 2 heterocycles. The normalized spacial score (nSPS) is 13.2. The largest absolute Gasteiger partial charge is 0.496 e. The molecule has 0 saturated heterocycles. The molecule has 0 fully saturated rings. The van der Waals surface area contributed by atoms with Gasteiger partial charge in [0.2, 0.25) is 0 Å². The van der Waals surface area contributed by atoms with Gasteiger partial charge in [-0.2, -0.15) is 5.10 Å². The third-order valence-corrected chi connectivity index (χ3v) is 7.20. The summed E-state index contributed by atoms with van der Waals surface area (Å²) in [6, 6.07) is 25.5. The fourth-order valence-corrected chi connectivity index (χ4v) is 5.14. The van der Waals surface area contributed by atoms with E-state index >= 15 is 0 Å². The molecular weight excluding hydrogens is 524 g/mol. The smallest absolute Gasteiger partial charge is 0.256 e. The van der Waals surface area contributed by atoms with Crippen molar-refractivity contribution < 1.29 is 14.3 Å². The van der Waals surface area contributed by atoms with E-state index in [0.717, 1.165) is 50.9 Å². The molecule has 6 rings (SSSR count). The molecule has 0 aliphatic carbocycles. The standard InChI is InChI=1S/C32H23ClN4O3/c1-40-31-11-2-20(14-24(31)12-13-38)15-28-27-16-26(29(33)17-30(27)36-32(28)39)23-5-3-21(4-6-23)22-7-9-25(10-8-22)37-19-34-18-35-37/h2-11,13-19H,12H2,1H3,(H,36,39). The summed E-state index contributed by atoms with van der Waals surface area (Å²) in [5.74, 6) is 0.426. The van der Waals surface area contributed by atoms with Crippen molar-refractivity contribution >= 4 is 41.1 Å². The second-order valence-corrected chi connectivity index (χ2v) is 9.70. The summed E-state index contributed by atoms with van der Waals surface area (Å²) >= 11 is 6.68. The Bertz CT molecular complexity index is 1760. The Balaban J connectivity index is 1.31. The lowest BCUT2D eigenvalue weighted by atomic mass is 9.96. The van der Waals surface area contributed by atoms with Gasteiger partial charge in [-0.1, -0.05) is 54.1 Å². The molecule has 1 amide bonds. The molecule has 1 aromatic heterocycles. The molecule has 1 N–H and O–H groups in total. The van der Waals surface area contributed by atoms with E-state index in [1.165, 1.54) is 6.33 Å². The average Bonchev–Trinajstić information content (AvgIpc) is 3.62. The van der Waals surface area contributed by atoms with Crippen molar-refractivity contribution in [1.82, 2.24) is 14.8 Å². The summed E-state index contributed by atoms with van der Waals surface area (Å²) in [6.07, 6.45) is 6.05. The number of hydrogen-bond acceptors (Lipinski definition) is 5. The molecule has 1 aliphatic rings. The fourth-order valence-electron chi connectivity index (χ4n) is 4.87. The number of amides is 1. The highest BCUT2D eigenvalue weighted by molar-refractivity contribution is 6.38. The van der Waals surface area contributed by atoms with Gasteiger partial charge in [0.1, 0.15) is 24.7 Å². The second kappa shape index (κ2) is 10.6. The van der Waals surface area contributed by atoms with Crippen molar-refractivity contribution in [3.63, 3.8) is 0 Å². The predicted octanol–water partition coefficient (Wildman–Crippen LogP) is 6.50. The Kier molecular flexibility index (Phi) is 6.72. The number of carbonyl (C=O) groups is 2. The number of fused-ring (bicyclic) bond motifs is 1. The maximum absolute atomic E-state index is 12.9. The van der Waals surface area contributed by atoms with E-state index in [0.29, 0.717) is 22.0 Å². The lowest BCUT2D eigenvalue weighted by Gasteiger charge is -2.10. The lowest BCUT2D eigenvalue weighted by Crippen LogP contribution is -2.03. The van der Waals surface area contributed by atoms with E-state index in [9.17, 15) is 9.59 Å². The molecule has 0 bridgehead atoms. The molecule has 0 atom stereocenters. The number of hydrogen-bond donors (Lipinski definition) is 1. The number of nitrogens with zero attached hydrogens (tertiary/aromatic N) is 3. The molecule has 5 aromatic rings. The number of rotatable bonds is 7. The van der Waals surface area contributed by atoms with Crippen LogP contribution in [0.3, 0.4) is 0 Å². The number of aromatic nitrogens is 3. The highest BCUT2D eigenvalue weighted by atomic mass is 35.5. The molecule has 0 spiro atoms. The van der Waals surface area contributed by atoms with Crippen LogP contribution < -0.4 is 10.1 Å². The number of benzene rings is 4. The summed E-state index contributed by atoms with van der Waals surface area (Å²) in [5, 5.41) is 7.62. The first-order chi connectivity index (χ1) is 19.5. The van der Waals surface area contributed by atoms with Crippen LogP contribution in [0.2, 0.25) is 5.02 Å². The average molecular weight is 547 g/mol. The van der Waals surface area contributed by atoms with Gasteiger partial charge >= 0.3 is 0 Å². The minimum Gasteiger partial charge on any atom is -0.496 e. The first-order valence-electron chi connectivity index (χ1n) is 12.6. The van der Waals surface area contributed by atoms with Crippen LogP contribution in [0.5, 0.6) is 5.75 Å². The topological polar surface area (TPSA) is 86.1 Å². The van der Waals surface area contributed by atoms with Gasteiger partial charge in [0.05, 0.1) is 23.5 Å². The predicted molar refractivity (Wildman–Crippen MR) is 157 cm³/mol. The van der Waals surface area contributed by atoms with Gasteiger partial charge in [-0.05, 0) is 64.7 Å².